The van der Waals surface area contributed by atoms with Crippen molar-refractivity contribution in [3.05, 3.63) is 244 Å². The first-order valence-electron chi connectivity index (χ1n) is 30.5. The molecule has 486 valence electrons. The monoisotopic (exact) mass is 1310 g/mol. The fourth-order valence-electron chi connectivity index (χ4n) is 11.7. The Balaban J connectivity index is 0.000000196. The van der Waals surface area contributed by atoms with Gasteiger partial charge in [0.1, 0.15) is 19.8 Å². The van der Waals surface area contributed by atoms with Crippen LogP contribution in [0.4, 0.5) is 0 Å². The first-order chi connectivity index (χ1) is 44.0. The number of allylic oxidation sites excluding steroid dienone is 3. The SMILES string of the molecule is COCCN1C(=O)CC(c2ccc(Cl)cc2)C(C(=O)OCc2c(C)cc(C)cc2C)=C1C.COCCN1C(=O)CC(c2ccc(Cl)cc2)C(C(=O)OCc2ccc(C)cc2)=C1C.COCCN1C(=O)CC(c2ccc(Cl)cc2)C(C(=O)OCc2cccc(C)c2)=C1C. The number of rotatable bonds is 21. The number of aryl methyl sites for hydroxylation is 5. The zero-order chi connectivity index (χ0) is 66.8. The number of hydrogen-bond donors (Lipinski definition) is 0. The Morgan fingerprint density at radius 1 is 0.402 bits per heavy atom. The molecular weight excluding hydrogens is 1230 g/mol. The van der Waals surface area contributed by atoms with Crippen molar-refractivity contribution in [3.8, 4) is 0 Å². The van der Waals surface area contributed by atoms with Gasteiger partial charge in [0.15, 0.2) is 0 Å². The average Bonchev–Trinajstić information content (AvgIpc) is 0.837. The minimum Gasteiger partial charge on any atom is -0.457 e. The smallest absolute Gasteiger partial charge is 0.336 e. The third-order valence-electron chi connectivity index (χ3n) is 16.6. The predicted molar refractivity (Wildman–Crippen MR) is 358 cm³/mol. The van der Waals surface area contributed by atoms with Gasteiger partial charge < -0.3 is 43.1 Å². The average molecular weight is 1310 g/mol. The summed E-state index contributed by atoms with van der Waals surface area (Å²) >= 11 is 18.1. The van der Waals surface area contributed by atoms with Gasteiger partial charge in [-0.3, -0.25) is 14.4 Å². The number of nitrogens with zero attached hydrogens (tertiary/aromatic N) is 3. The van der Waals surface area contributed by atoms with Crippen LogP contribution in [0.2, 0.25) is 15.1 Å². The van der Waals surface area contributed by atoms with E-state index in [-0.39, 0.29) is 74.6 Å². The Morgan fingerprint density at radius 3 is 1.08 bits per heavy atom. The Kier molecular flexibility index (Phi) is 26.6. The molecule has 3 heterocycles. The number of esters is 3. The lowest BCUT2D eigenvalue weighted by Crippen LogP contribution is -2.40. The van der Waals surface area contributed by atoms with Crippen LogP contribution in [0.3, 0.4) is 0 Å². The van der Waals surface area contributed by atoms with E-state index in [9.17, 15) is 28.8 Å². The van der Waals surface area contributed by atoms with Crippen LogP contribution in [0.5, 0.6) is 0 Å². The number of benzene rings is 6. The van der Waals surface area contributed by atoms with Gasteiger partial charge in [0.05, 0.1) is 36.5 Å². The number of amides is 3. The summed E-state index contributed by atoms with van der Waals surface area (Å²) in [6.45, 7) is 18.4. The quantitative estimate of drug-likeness (QED) is 0.0495. The Bertz CT molecular complexity index is 3670. The van der Waals surface area contributed by atoms with Crippen molar-refractivity contribution < 1.29 is 57.2 Å². The molecule has 92 heavy (non-hydrogen) atoms. The molecule has 0 aromatic heterocycles. The topological polar surface area (TPSA) is 168 Å². The van der Waals surface area contributed by atoms with Crippen molar-refractivity contribution in [1.29, 1.82) is 0 Å². The largest absolute Gasteiger partial charge is 0.457 e. The maximum Gasteiger partial charge on any atom is 0.336 e. The number of halogens is 3. The lowest BCUT2D eigenvalue weighted by Gasteiger charge is -2.34. The van der Waals surface area contributed by atoms with Gasteiger partial charge in [-0.2, -0.15) is 0 Å². The van der Waals surface area contributed by atoms with E-state index in [1.807, 2.05) is 120 Å². The predicted octanol–water partition coefficient (Wildman–Crippen LogP) is 14.5. The molecule has 0 saturated heterocycles. The Labute approximate surface area is 555 Å². The summed E-state index contributed by atoms with van der Waals surface area (Å²) in [5.74, 6) is -2.49. The number of carbonyl (C=O) groups is 6. The van der Waals surface area contributed by atoms with Gasteiger partial charge in [-0.15, -0.1) is 0 Å². The number of methoxy groups -OCH3 is 3. The standard InChI is InChI=1S/C26H30ClNO4.2C24H26ClNO4/c1-16-12-17(2)23(18(3)13-16)15-32-26(30)25-19(4)28(10-11-31-5)24(29)14-22(25)20-6-8-21(27)9-7-20;1-16-4-6-18(7-5-16)15-30-24(28)23-17(2)26(12-13-29-3)22(27)14-21(23)19-8-10-20(25)11-9-19;1-16-5-4-6-18(13-16)15-30-24(28)23-17(2)26(11-12-29-3)22(27)14-21(23)19-7-9-20(25)10-8-19/h6-9,12-13,22H,10-11,14-15H2,1-5H3;4-11,21H,12-15H2,1-3H3;4-10,13,21H,11-12,14-15H2,1-3H3. The maximum atomic E-state index is 13.4. The highest BCUT2D eigenvalue weighted by atomic mass is 35.5. The summed E-state index contributed by atoms with van der Waals surface area (Å²) in [6, 6.07) is 41.6. The molecule has 18 heteroatoms. The van der Waals surface area contributed by atoms with Crippen LogP contribution < -0.4 is 0 Å². The molecule has 0 bridgehead atoms. The van der Waals surface area contributed by atoms with Gasteiger partial charge in [0.25, 0.3) is 0 Å². The molecule has 3 aliphatic heterocycles. The first-order valence-corrected chi connectivity index (χ1v) is 31.6. The van der Waals surface area contributed by atoms with Crippen LogP contribution in [-0.4, -0.2) is 111 Å². The minimum absolute atomic E-state index is 0.0405. The van der Waals surface area contributed by atoms with Gasteiger partial charge in [-0.1, -0.05) is 149 Å². The molecule has 15 nitrogen and oxygen atoms in total. The summed E-state index contributed by atoms with van der Waals surface area (Å²) < 4.78 is 32.5. The zero-order valence-corrected chi connectivity index (χ0v) is 56.6. The molecule has 6 aromatic carbocycles. The molecule has 3 atom stereocenters. The molecule has 3 aliphatic rings. The van der Waals surface area contributed by atoms with Crippen LogP contribution in [0.15, 0.2) is 167 Å². The van der Waals surface area contributed by atoms with Crippen LogP contribution in [0.1, 0.15) is 119 Å². The number of carbonyl (C=O) groups excluding carboxylic acids is 6. The highest BCUT2D eigenvalue weighted by Crippen LogP contribution is 2.41. The van der Waals surface area contributed by atoms with Crippen LogP contribution in [-0.2, 0) is 77.0 Å². The summed E-state index contributed by atoms with van der Waals surface area (Å²) in [6.07, 6.45) is 0.574. The van der Waals surface area contributed by atoms with E-state index >= 15 is 0 Å². The van der Waals surface area contributed by atoms with E-state index in [4.69, 9.17) is 63.2 Å². The third kappa shape index (κ3) is 18.9. The lowest BCUT2D eigenvalue weighted by atomic mass is 9.83. The van der Waals surface area contributed by atoms with Crippen LogP contribution in [0, 0.1) is 34.6 Å². The van der Waals surface area contributed by atoms with Gasteiger partial charge in [-0.05, 0) is 136 Å². The van der Waals surface area contributed by atoms with Crippen molar-refractivity contribution in [2.75, 3.05) is 60.8 Å². The molecule has 6 aromatic rings. The van der Waals surface area contributed by atoms with E-state index in [1.54, 1.807) is 93.2 Å². The van der Waals surface area contributed by atoms with E-state index in [0.717, 1.165) is 55.6 Å². The minimum atomic E-state index is -0.414. The highest BCUT2D eigenvalue weighted by Gasteiger charge is 2.40. The Morgan fingerprint density at radius 2 is 0.739 bits per heavy atom. The molecular formula is C74H82Cl3N3O12. The van der Waals surface area contributed by atoms with Crippen molar-refractivity contribution in [1.82, 2.24) is 14.7 Å². The van der Waals surface area contributed by atoms with E-state index in [1.165, 1.54) is 5.56 Å². The van der Waals surface area contributed by atoms with Crippen molar-refractivity contribution in [3.63, 3.8) is 0 Å². The second-order valence-electron chi connectivity index (χ2n) is 23.1. The van der Waals surface area contributed by atoms with Crippen molar-refractivity contribution >= 4 is 70.4 Å². The summed E-state index contributed by atoms with van der Waals surface area (Å²) in [5.41, 5.74) is 14.4. The molecule has 0 radical (unpaired) electrons. The molecule has 3 unspecified atom stereocenters. The third-order valence-corrected chi connectivity index (χ3v) is 17.4. The van der Waals surface area contributed by atoms with Crippen molar-refractivity contribution in [2.24, 2.45) is 0 Å². The van der Waals surface area contributed by atoms with Crippen LogP contribution in [0.25, 0.3) is 0 Å². The number of hydrogen-bond acceptors (Lipinski definition) is 12. The van der Waals surface area contributed by atoms with E-state index < -0.39 is 17.9 Å². The second kappa shape index (κ2) is 34.1. The fraction of sp³-hybridized carbons (Fsp3) is 0.351. The maximum absolute atomic E-state index is 13.4. The molecule has 0 fully saturated rings. The lowest BCUT2D eigenvalue weighted by molar-refractivity contribution is -0.143. The number of ether oxygens (including phenoxy) is 6. The van der Waals surface area contributed by atoms with Gasteiger partial charge >= 0.3 is 17.9 Å². The highest BCUT2D eigenvalue weighted by molar-refractivity contribution is 6.31. The van der Waals surface area contributed by atoms with Gasteiger partial charge in [-0.25, -0.2) is 14.4 Å². The zero-order valence-electron chi connectivity index (χ0n) is 54.3. The van der Waals surface area contributed by atoms with Crippen molar-refractivity contribution in [2.45, 2.75) is 112 Å². The summed E-state index contributed by atoms with van der Waals surface area (Å²) in [5, 5.41) is 1.81. The molecule has 0 saturated carbocycles. The second-order valence-corrected chi connectivity index (χ2v) is 24.4. The molecule has 0 N–H and O–H groups in total. The molecule has 9 rings (SSSR count). The van der Waals surface area contributed by atoms with Gasteiger partial charge in [0, 0.05) is 110 Å². The summed E-state index contributed by atoms with van der Waals surface area (Å²) in [7, 11) is 4.76. The molecule has 0 spiro atoms. The first kappa shape index (κ1) is 71.5. The van der Waals surface area contributed by atoms with E-state index in [2.05, 4.69) is 12.1 Å². The Hall–Kier alpha value is -7.89. The van der Waals surface area contributed by atoms with Gasteiger partial charge in [0.2, 0.25) is 17.7 Å². The van der Waals surface area contributed by atoms with E-state index in [0.29, 0.717) is 88.3 Å². The van der Waals surface area contributed by atoms with Crippen LogP contribution >= 0.6 is 34.8 Å². The fourth-order valence-corrected chi connectivity index (χ4v) is 12.1. The molecule has 3 amide bonds. The molecule has 0 aliphatic carbocycles. The summed E-state index contributed by atoms with van der Waals surface area (Å²) in [4.78, 5) is 83.0. The normalized spacial score (nSPS) is 16.7.